The third-order valence-corrected chi connectivity index (χ3v) is 2.60. The Morgan fingerprint density at radius 3 is 2.37 bits per heavy atom. The lowest BCUT2D eigenvalue weighted by Gasteiger charge is -2.38. The second-order valence-electron chi connectivity index (χ2n) is 5.50. The number of esters is 1. The SMILES string of the molecule is CCOC(=O)CN1CCCCN1C(=O)OC(C)(C)C. The number of carbonyl (C=O) groups is 2. The van der Waals surface area contributed by atoms with E-state index in [9.17, 15) is 9.59 Å². The van der Waals surface area contributed by atoms with Crippen LogP contribution in [0.4, 0.5) is 4.79 Å². The topological polar surface area (TPSA) is 59.1 Å². The summed E-state index contributed by atoms with van der Waals surface area (Å²) in [5.41, 5.74) is -0.538. The van der Waals surface area contributed by atoms with Crippen molar-refractivity contribution in [1.29, 1.82) is 0 Å². The minimum Gasteiger partial charge on any atom is -0.465 e. The number of ether oxygens (including phenoxy) is 2. The highest BCUT2D eigenvalue weighted by atomic mass is 16.6. The summed E-state index contributed by atoms with van der Waals surface area (Å²) in [6.45, 7) is 8.91. The zero-order valence-corrected chi connectivity index (χ0v) is 12.3. The van der Waals surface area contributed by atoms with Gasteiger partial charge in [-0.2, -0.15) is 0 Å². The van der Waals surface area contributed by atoms with Crippen LogP contribution in [0.3, 0.4) is 0 Å². The van der Waals surface area contributed by atoms with Crippen LogP contribution in [0.2, 0.25) is 0 Å². The molecule has 1 saturated heterocycles. The Bertz CT molecular complexity index is 325. The van der Waals surface area contributed by atoms with Gasteiger partial charge in [-0.05, 0) is 40.5 Å². The fourth-order valence-corrected chi connectivity index (χ4v) is 1.86. The van der Waals surface area contributed by atoms with Crippen LogP contribution in [0.15, 0.2) is 0 Å². The molecule has 0 N–H and O–H groups in total. The molecule has 1 aliphatic heterocycles. The van der Waals surface area contributed by atoms with Crippen molar-refractivity contribution in [3.63, 3.8) is 0 Å². The maximum atomic E-state index is 12.1. The molecule has 6 nitrogen and oxygen atoms in total. The number of amides is 1. The van der Waals surface area contributed by atoms with Crippen LogP contribution in [-0.4, -0.2) is 53.9 Å². The third kappa shape index (κ3) is 5.46. The van der Waals surface area contributed by atoms with Crippen molar-refractivity contribution in [3.05, 3.63) is 0 Å². The lowest BCUT2D eigenvalue weighted by molar-refractivity contribution is -0.150. The van der Waals surface area contributed by atoms with Gasteiger partial charge in [0.15, 0.2) is 0 Å². The van der Waals surface area contributed by atoms with Gasteiger partial charge in [-0.15, -0.1) is 0 Å². The Kier molecular flexibility index (Phi) is 5.60. The molecule has 1 amide bonds. The fraction of sp³-hybridized carbons (Fsp3) is 0.846. The van der Waals surface area contributed by atoms with Gasteiger partial charge in [0.2, 0.25) is 0 Å². The molecular weight excluding hydrogens is 248 g/mol. The molecular formula is C13H24N2O4. The number of hydrogen-bond donors (Lipinski definition) is 0. The highest BCUT2D eigenvalue weighted by Crippen LogP contribution is 2.16. The molecule has 1 fully saturated rings. The van der Waals surface area contributed by atoms with E-state index in [1.54, 1.807) is 11.9 Å². The summed E-state index contributed by atoms with van der Waals surface area (Å²) in [6.07, 6.45) is 1.47. The van der Waals surface area contributed by atoms with E-state index >= 15 is 0 Å². The molecule has 1 heterocycles. The van der Waals surface area contributed by atoms with E-state index in [0.29, 0.717) is 19.7 Å². The van der Waals surface area contributed by atoms with E-state index in [1.165, 1.54) is 5.01 Å². The summed E-state index contributed by atoms with van der Waals surface area (Å²) < 4.78 is 10.3. The van der Waals surface area contributed by atoms with Gasteiger partial charge in [0.05, 0.1) is 6.61 Å². The smallest absolute Gasteiger partial charge is 0.424 e. The van der Waals surface area contributed by atoms with E-state index in [-0.39, 0.29) is 12.5 Å². The van der Waals surface area contributed by atoms with Gasteiger partial charge < -0.3 is 9.47 Å². The van der Waals surface area contributed by atoms with Crippen LogP contribution in [0.1, 0.15) is 40.5 Å². The van der Waals surface area contributed by atoms with Gasteiger partial charge >= 0.3 is 12.1 Å². The molecule has 1 rings (SSSR count). The first kappa shape index (κ1) is 15.8. The van der Waals surface area contributed by atoms with Gasteiger partial charge in [0.25, 0.3) is 0 Å². The largest absolute Gasteiger partial charge is 0.465 e. The second-order valence-corrected chi connectivity index (χ2v) is 5.50. The summed E-state index contributed by atoms with van der Waals surface area (Å²) in [4.78, 5) is 23.6. The molecule has 0 spiro atoms. The van der Waals surface area contributed by atoms with Crippen LogP contribution in [0.25, 0.3) is 0 Å². The predicted octanol–water partition coefficient (Wildman–Crippen LogP) is 1.80. The van der Waals surface area contributed by atoms with Crippen molar-refractivity contribution in [2.75, 3.05) is 26.2 Å². The van der Waals surface area contributed by atoms with E-state index in [0.717, 1.165) is 12.8 Å². The summed E-state index contributed by atoms with van der Waals surface area (Å²) in [6, 6.07) is 0. The quantitative estimate of drug-likeness (QED) is 0.733. The zero-order chi connectivity index (χ0) is 14.5. The Hall–Kier alpha value is -1.30. The average Bonchev–Trinajstić information content (AvgIpc) is 2.27. The summed E-state index contributed by atoms with van der Waals surface area (Å²) in [5.74, 6) is -0.321. The number of carbonyl (C=O) groups excluding carboxylic acids is 2. The summed E-state index contributed by atoms with van der Waals surface area (Å²) in [7, 11) is 0. The molecule has 19 heavy (non-hydrogen) atoms. The van der Waals surface area contributed by atoms with Crippen molar-refractivity contribution in [2.45, 2.75) is 46.1 Å². The molecule has 1 aliphatic rings. The van der Waals surface area contributed by atoms with Gasteiger partial charge in [0.1, 0.15) is 12.1 Å². The normalized spacial score (nSPS) is 17.2. The van der Waals surface area contributed by atoms with E-state index in [2.05, 4.69) is 0 Å². The molecule has 0 bridgehead atoms. The Morgan fingerprint density at radius 1 is 1.16 bits per heavy atom. The molecule has 0 aliphatic carbocycles. The van der Waals surface area contributed by atoms with Crippen LogP contribution >= 0.6 is 0 Å². The Morgan fingerprint density at radius 2 is 1.79 bits per heavy atom. The van der Waals surface area contributed by atoms with Gasteiger partial charge in [-0.3, -0.25) is 4.79 Å². The van der Waals surface area contributed by atoms with Crippen LogP contribution < -0.4 is 0 Å². The average molecular weight is 272 g/mol. The first-order valence-electron chi connectivity index (χ1n) is 6.74. The summed E-state index contributed by atoms with van der Waals surface area (Å²) in [5, 5.41) is 3.21. The fourth-order valence-electron chi connectivity index (χ4n) is 1.86. The van der Waals surface area contributed by atoms with Crippen molar-refractivity contribution in [3.8, 4) is 0 Å². The highest BCUT2D eigenvalue weighted by Gasteiger charge is 2.30. The lowest BCUT2D eigenvalue weighted by atomic mass is 10.2. The molecule has 0 aromatic heterocycles. The number of nitrogens with zero attached hydrogens (tertiary/aromatic N) is 2. The number of hydrazine groups is 1. The van der Waals surface area contributed by atoms with Crippen molar-refractivity contribution < 1.29 is 19.1 Å². The van der Waals surface area contributed by atoms with E-state index < -0.39 is 11.7 Å². The monoisotopic (exact) mass is 272 g/mol. The van der Waals surface area contributed by atoms with Crippen molar-refractivity contribution >= 4 is 12.1 Å². The molecule has 6 heteroatoms. The first-order valence-corrected chi connectivity index (χ1v) is 6.74. The van der Waals surface area contributed by atoms with Crippen LogP contribution in [0, 0.1) is 0 Å². The highest BCUT2D eigenvalue weighted by molar-refractivity contribution is 5.73. The molecule has 0 unspecified atom stereocenters. The molecule has 0 aromatic rings. The Balaban J connectivity index is 2.61. The second kappa shape index (κ2) is 6.75. The molecule has 0 saturated carbocycles. The lowest BCUT2D eigenvalue weighted by Crippen LogP contribution is -2.53. The molecule has 0 radical (unpaired) electrons. The standard InChI is InChI=1S/C13H24N2O4/c1-5-18-11(16)10-14-8-6-7-9-15(14)12(17)19-13(2,3)4/h5-10H2,1-4H3. The third-order valence-electron chi connectivity index (χ3n) is 2.60. The van der Waals surface area contributed by atoms with E-state index in [1.807, 2.05) is 20.8 Å². The minimum absolute atomic E-state index is 0.0904. The summed E-state index contributed by atoms with van der Waals surface area (Å²) >= 11 is 0. The van der Waals surface area contributed by atoms with E-state index in [4.69, 9.17) is 9.47 Å². The maximum Gasteiger partial charge on any atom is 0.424 e. The maximum absolute atomic E-state index is 12.1. The predicted molar refractivity (Wildman–Crippen MR) is 70.4 cm³/mol. The van der Waals surface area contributed by atoms with Crippen LogP contribution in [-0.2, 0) is 14.3 Å². The molecule has 0 atom stereocenters. The first-order chi connectivity index (χ1) is 8.83. The van der Waals surface area contributed by atoms with Gasteiger partial charge in [-0.25, -0.2) is 14.8 Å². The van der Waals surface area contributed by atoms with Gasteiger partial charge in [-0.1, -0.05) is 0 Å². The van der Waals surface area contributed by atoms with Crippen molar-refractivity contribution in [1.82, 2.24) is 10.0 Å². The molecule has 110 valence electrons. The minimum atomic E-state index is -0.538. The number of rotatable bonds is 3. The number of hydrogen-bond acceptors (Lipinski definition) is 5. The van der Waals surface area contributed by atoms with Crippen LogP contribution in [0.5, 0.6) is 0 Å². The zero-order valence-electron chi connectivity index (χ0n) is 12.3. The van der Waals surface area contributed by atoms with Crippen molar-refractivity contribution in [2.24, 2.45) is 0 Å². The van der Waals surface area contributed by atoms with Gasteiger partial charge in [0, 0.05) is 13.1 Å². The molecule has 0 aromatic carbocycles. The Labute approximate surface area is 114 Å².